The Balaban J connectivity index is 1.63. The number of carbonyl (C=O) groups is 2. The highest BCUT2D eigenvalue weighted by molar-refractivity contribution is 6.38. The third kappa shape index (κ3) is 4.30. The van der Waals surface area contributed by atoms with Gasteiger partial charge in [0.2, 0.25) is 5.91 Å². The minimum atomic E-state index is -0.804. The van der Waals surface area contributed by atoms with Crippen molar-refractivity contribution in [2.75, 3.05) is 11.5 Å². The van der Waals surface area contributed by atoms with Gasteiger partial charge in [0.05, 0.1) is 36.0 Å². The predicted molar refractivity (Wildman–Crippen MR) is 128 cm³/mol. The largest absolute Gasteiger partial charge is 0.493 e. The number of hydrogen-bond donors (Lipinski definition) is 0. The van der Waals surface area contributed by atoms with Crippen molar-refractivity contribution in [3.63, 3.8) is 0 Å². The van der Waals surface area contributed by atoms with E-state index in [1.807, 2.05) is 0 Å². The van der Waals surface area contributed by atoms with E-state index in [1.165, 1.54) is 6.20 Å². The molecule has 168 valence electrons. The molecule has 6 nitrogen and oxygen atoms in total. The zero-order valence-electron chi connectivity index (χ0n) is 18.1. The first-order chi connectivity index (χ1) is 16.5. The van der Waals surface area contributed by atoms with Crippen molar-refractivity contribution < 1.29 is 14.3 Å². The molecule has 0 bridgehead atoms. The van der Waals surface area contributed by atoms with Crippen molar-refractivity contribution in [2.45, 2.75) is 18.8 Å². The van der Waals surface area contributed by atoms with Gasteiger partial charge in [-0.15, -0.1) is 0 Å². The minimum absolute atomic E-state index is 0.269. The average molecular weight is 470 g/mol. The molecule has 1 unspecified atom stereocenters. The summed E-state index contributed by atoms with van der Waals surface area (Å²) in [4.78, 5) is 32.4. The molecule has 1 aliphatic carbocycles. The van der Waals surface area contributed by atoms with Gasteiger partial charge in [-0.3, -0.25) is 14.6 Å². The smallest absolute Gasteiger partial charge is 0.265 e. The lowest BCUT2D eigenvalue weighted by Gasteiger charge is -2.30. The van der Waals surface area contributed by atoms with E-state index in [1.54, 1.807) is 66.9 Å². The Hall–Kier alpha value is -3.95. The maximum atomic E-state index is 13.7. The molecule has 0 spiro atoms. The van der Waals surface area contributed by atoms with Gasteiger partial charge in [-0.05, 0) is 60.7 Å². The Kier molecular flexibility index (Phi) is 5.87. The molecule has 1 aromatic heterocycles. The molecule has 2 aromatic carbocycles. The Bertz CT molecular complexity index is 1340. The molecule has 0 N–H and O–H groups in total. The van der Waals surface area contributed by atoms with Crippen LogP contribution in [0.1, 0.15) is 35.4 Å². The highest BCUT2D eigenvalue weighted by atomic mass is 35.5. The minimum Gasteiger partial charge on any atom is -0.493 e. The summed E-state index contributed by atoms with van der Waals surface area (Å²) in [5, 5.41) is 10.1. The Morgan fingerprint density at radius 2 is 1.94 bits per heavy atom. The Labute approximate surface area is 202 Å². The number of pyridine rings is 1. The van der Waals surface area contributed by atoms with Crippen molar-refractivity contribution in [1.82, 2.24) is 4.98 Å². The third-order valence-electron chi connectivity index (χ3n) is 5.93. The maximum absolute atomic E-state index is 13.7. The molecule has 2 amide bonds. The van der Waals surface area contributed by atoms with Gasteiger partial charge in [0.1, 0.15) is 5.75 Å². The quantitative estimate of drug-likeness (QED) is 0.467. The van der Waals surface area contributed by atoms with Gasteiger partial charge >= 0.3 is 0 Å². The number of nitrogens with zero attached hydrogens (tertiary/aromatic N) is 3. The summed E-state index contributed by atoms with van der Waals surface area (Å²) >= 11 is 6.39. The second-order valence-corrected chi connectivity index (χ2v) is 8.82. The predicted octanol–water partition coefficient (Wildman–Crippen LogP) is 5.14. The molecular weight excluding hydrogens is 450 g/mol. The van der Waals surface area contributed by atoms with Crippen molar-refractivity contribution in [1.29, 1.82) is 5.26 Å². The summed E-state index contributed by atoms with van der Waals surface area (Å²) in [6, 6.07) is 17.5. The van der Waals surface area contributed by atoms with E-state index in [9.17, 15) is 14.9 Å². The second-order valence-electron chi connectivity index (χ2n) is 8.38. The molecule has 1 aliphatic heterocycles. The normalized spacial score (nSPS) is 17.8. The van der Waals surface area contributed by atoms with Crippen LogP contribution in [-0.2, 0) is 9.59 Å². The van der Waals surface area contributed by atoms with E-state index < -0.39 is 17.7 Å². The number of amides is 2. The molecule has 1 fully saturated rings. The molecular formula is C27H20ClN3O3. The lowest BCUT2D eigenvalue weighted by Crippen LogP contribution is -2.43. The lowest BCUT2D eigenvalue weighted by atomic mass is 9.87. The summed E-state index contributed by atoms with van der Waals surface area (Å²) < 4.78 is 5.91. The van der Waals surface area contributed by atoms with Crippen LogP contribution in [0.5, 0.6) is 5.75 Å². The zero-order chi connectivity index (χ0) is 23.7. The average Bonchev–Trinajstić information content (AvgIpc) is 3.68. The number of carbonyl (C=O) groups excluding carboxylic acids is 2. The van der Waals surface area contributed by atoms with E-state index in [0.29, 0.717) is 45.7 Å². The standard InChI is InChI=1S/C27H20ClN3O3/c28-20-10-19(11-22(12-20)34-16-17-7-8-17)24-13-25(23-6-2-1-4-18(23)14-29)27(33)31(26(24)32)21-5-3-9-30-15-21/h1-6,9-13,15,17,24H,7-8,16H2. The molecule has 1 atom stereocenters. The maximum Gasteiger partial charge on any atom is 0.265 e. The van der Waals surface area contributed by atoms with Gasteiger partial charge < -0.3 is 4.74 Å². The van der Waals surface area contributed by atoms with Gasteiger partial charge in [-0.25, -0.2) is 4.90 Å². The van der Waals surface area contributed by atoms with Crippen LogP contribution in [0.25, 0.3) is 5.57 Å². The summed E-state index contributed by atoms with van der Waals surface area (Å²) in [6.45, 7) is 0.606. The third-order valence-corrected chi connectivity index (χ3v) is 6.15. The number of rotatable bonds is 6. The van der Waals surface area contributed by atoms with Crippen molar-refractivity contribution >= 4 is 34.7 Å². The number of aromatic nitrogens is 1. The first-order valence-electron chi connectivity index (χ1n) is 11.0. The highest BCUT2D eigenvalue weighted by Gasteiger charge is 2.38. The summed E-state index contributed by atoms with van der Waals surface area (Å²) in [5.41, 5.74) is 2.05. The number of benzene rings is 2. The van der Waals surface area contributed by atoms with Crippen LogP contribution in [0, 0.1) is 17.2 Å². The topological polar surface area (TPSA) is 83.3 Å². The molecule has 3 aromatic rings. The first-order valence-corrected chi connectivity index (χ1v) is 11.4. The summed E-state index contributed by atoms with van der Waals surface area (Å²) in [5.74, 6) is -0.594. The zero-order valence-corrected chi connectivity index (χ0v) is 18.9. The molecule has 2 aliphatic rings. The van der Waals surface area contributed by atoms with E-state index in [0.717, 1.165) is 17.7 Å². The number of anilines is 1. The van der Waals surface area contributed by atoms with Gasteiger partial charge in [0.15, 0.2) is 0 Å². The second kappa shape index (κ2) is 9.12. The SMILES string of the molecule is N#Cc1ccccc1C1=CC(c2cc(Cl)cc(OCC3CC3)c2)C(=O)N(c2cccnc2)C1=O. The number of hydrogen-bond acceptors (Lipinski definition) is 5. The molecule has 7 heteroatoms. The molecule has 0 saturated heterocycles. The fourth-order valence-corrected chi connectivity index (χ4v) is 4.24. The molecule has 0 radical (unpaired) electrons. The molecule has 34 heavy (non-hydrogen) atoms. The lowest BCUT2D eigenvalue weighted by molar-refractivity contribution is -0.124. The fraction of sp³-hybridized carbons (Fsp3) is 0.185. The molecule has 5 rings (SSSR count). The van der Waals surface area contributed by atoms with E-state index in [4.69, 9.17) is 16.3 Å². The van der Waals surface area contributed by atoms with Crippen LogP contribution in [-0.4, -0.2) is 23.4 Å². The van der Waals surface area contributed by atoms with Crippen LogP contribution in [0.3, 0.4) is 0 Å². The summed E-state index contributed by atoms with van der Waals surface area (Å²) in [7, 11) is 0. The van der Waals surface area contributed by atoms with Crippen molar-refractivity contribution in [3.8, 4) is 11.8 Å². The van der Waals surface area contributed by atoms with Gasteiger partial charge in [-0.2, -0.15) is 5.26 Å². The summed E-state index contributed by atoms with van der Waals surface area (Å²) in [6.07, 6.45) is 6.96. The van der Waals surface area contributed by atoms with Gasteiger partial charge in [0, 0.05) is 22.4 Å². The molecule has 2 heterocycles. The van der Waals surface area contributed by atoms with Crippen LogP contribution in [0.15, 0.2) is 73.1 Å². The van der Waals surface area contributed by atoms with E-state index in [-0.39, 0.29) is 5.57 Å². The Morgan fingerprint density at radius 1 is 1.12 bits per heavy atom. The van der Waals surface area contributed by atoms with Crippen LogP contribution in [0.4, 0.5) is 5.69 Å². The van der Waals surface area contributed by atoms with Crippen molar-refractivity contribution in [2.24, 2.45) is 5.92 Å². The number of nitriles is 1. The highest BCUT2D eigenvalue weighted by Crippen LogP contribution is 2.38. The van der Waals surface area contributed by atoms with Crippen LogP contribution >= 0.6 is 11.6 Å². The van der Waals surface area contributed by atoms with Gasteiger partial charge in [-0.1, -0.05) is 35.9 Å². The number of imide groups is 1. The van der Waals surface area contributed by atoms with Gasteiger partial charge in [0.25, 0.3) is 5.91 Å². The first kappa shape index (κ1) is 21.9. The Morgan fingerprint density at radius 3 is 2.68 bits per heavy atom. The number of ether oxygens (including phenoxy) is 1. The molecule has 1 saturated carbocycles. The van der Waals surface area contributed by atoms with Crippen LogP contribution in [0.2, 0.25) is 5.02 Å². The van der Waals surface area contributed by atoms with E-state index >= 15 is 0 Å². The number of halogens is 1. The van der Waals surface area contributed by atoms with E-state index in [2.05, 4.69) is 11.1 Å². The monoisotopic (exact) mass is 469 g/mol. The van der Waals surface area contributed by atoms with Crippen molar-refractivity contribution in [3.05, 3.63) is 94.8 Å². The van der Waals surface area contributed by atoms with Crippen LogP contribution < -0.4 is 9.64 Å². The fourth-order valence-electron chi connectivity index (χ4n) is 4.00.